The van der Waals surface area contributed by atoms with E-state index in [-0.39, 0.29) is 38.4 Å². The molecular weight excluding hydrogens is 829 g/mol. The third kappa shape index (κ3) is 51.9. The second-order valence-corrected chi connectivity index (χ2v) is 16.3. The molecule has 0 aromatic rings. The molecule has 372 valence electrons. The van der Waals surface area contributed by atoms with E-state index in [2.05, 4.69) is 154 Å². The zero-order chi connectivity index (χ0) is 48.6. The molecule has 0 saturated heterocycles. The highest BCUT2D eigenvalue weighted by Gasteiger charge is 2.19. The van der Waals surface area contributed by atoms with Gasteiger partial charge in [0.05, 0.1) is 0 Å². The smallest absolute Gasteiger partial charge is 0.306 e. The minimum Gasteiger partial charge on any atom is -0.462 e. The van der Waals surface area contributed by atoms with Gasteiger partial charge in [-0.25, -0.2) is 0 Å². The molecule has 1 atom stereocenters. The molecule has 6 heteroatoms. The number of carbonyl (C=O) groups excluding carboxylic acids is 3. The zero-order valence-corrected chi connectivity index (χ0v) is 42.3. The van der Waals surface area contributed by atoms with Crippen molar-refractivity contribution in [3.05, 3.63) is 158 Å². The first kappa shape index (κ1) is 62.0. The lowest BCUT2D eigenvalue weighted by molar-refractivity contribution is -0.166. The molecule has 67 heavy (non-hydrogen) atoms. The first-order chi connectivity index (χ1) is 33.0. The van der Waals surface area contributed by atoms with Crippen molar-refractivity contribution in [1.29, 1.82) is 0 Å². The molecule has 0 spiro atoms. The summed E-state index contributed by atoms with van der Waals surface area (Å²) in [6.45, 7) is 6.20. The Balaban J connectivity index is 4.71. The zero-order valence-electron chi connectivity index (χ0n) is 42.3. The maximum absolute atomic E-state index is 12.8. The summed E-state index contributed by atoms with van der Waals surface area (Å²) >= 11 is 0. The largest absolute Gasteiger partial charge is 0.462 e. The minimum atomic E-state index is -0.875. The Hall–Kier alpha value is -4.97. The fraction of sp³-hybridized carbons (Fsp3) is 0.525. The number of unbranched alkanes of at least 4 members (excludes halogenated alkanes) is 7. The number of rotatable bonds is 44. The van der Waals surface area contributed by atoms with Crippen LogP contribution in [0, 0.1) is 0 Å². The van der Waals surface area contributed by atoms with Crippen LogP contribution in [0.25, 0.3) is 0 Å². The van der Waals surface area contributed by atoms with Crippen LogP contribution in [0.15, 0.2) is 158 Å². The van der Waals surface area contributed by atoms with Gasteiger partial charge < -0.3 is 14.2 Å². The molecule has 0 bridgehead atoms. The molecule has 0 saturated carbocycles. The fourth-order valence-electron chi connectivity index (χ4n) is 6.20. The maximum Gasteiger partial charge on any atom is 0.306 e. The Morgan fingerprint density at radius 1 is 0.313 bits per heavy atom. The summed E-state index contributed by atoms with van der Waals surface area (Å²) in [5.74, 6) is -1.20. The Labute approximate surface area is 409 Å². The van der Waals surface area contributed by atoms with Crippen molar-refractivity contribution < 1.29 is 28.6 Å². The van der Waals surface area contributed by atoms with E-state index in [9.17, 15) is 14.4 Å². The number of allylic oxidation sites excluding steroid dienone is 26. The molecular formula is C61H92O6. The molecule has 0 rings (SSSR count). The van der Waals surface area contributed by atoms with Gasteiger partial charge >= 0.3 is 17.9 Å². The molecule has 0 aliphatic heterocycles. The lowest BCUT2D eigenvalue weighted by Crippen LogP contribution is -2.30. The second-order valence-electron chi connectivity index (χ2n) is 16.3. The predicted octanol–water partition coefficient (Wildman–Crippen LogP) is 17.4. The van der Waals surface area contributed by atoms with Gasteiger partial charge in [0.25, 0.3) is 0 Å². The van der Waals surface area contributed by atoms with E-state index in [1.165, 1.54) is 44.9 Å². The van der Waals surface area contributed by atoms with Crippen LogP contribution in [0.4, 0.5) is 0 Å². The van der Waals surface area contributed by atoms with E-state index in [1.54, 1.807) is 0 Å². The highest BCUT2D eigenvalue weighted by molar-refractivity contribution is 5.71. The molecule has 0 N–H and O–H groups in total. The molecule has 0 aromatic carbocycles. The van der Waals surface area contributed by atoms with Gasteiger partial charge in [0, 0.05) is 19.3 Å². The summed E-state index contributed by atoms with van der Waals surface area (Å²) in [6.07, 6.45) is 78.3. The standard InChI is InChI=1S/C61H92O6/c1-4-7-10-13-16-19-22-25-28-31-34-36-39-42-45-48-51-54-60(63)66-57-58(67-61(64)55-52-49-46-43-40-37-33-30-27-24-21-18-15-12-9-6-3)56-65-59(62)53-50-47-44-41-38-35-32-29-26-23-20-17-14-11-8-5-2/h8-9,11-12,17-18,20-21,25-30,34-38,40,42,44-47,49,58H,4-7,10,13-16,19,22-24,31-33,39,41,43,48,50-57H2,1-3H3/b11-8-,12-9-,20-17-,21-18-,28-25-,29-26-,30-27-,36-34-,38-35-,40-37-,45-42-,47-44-,49-46-. The van der Waals surface area contributed by atoms with Crippen molar-refractivity contribution >= 4 is 17.9 Å². The van der Waals surface area contributed by atoms with Crippen LogP contribution < -0.4 is 0 Å². The molecule has 0 aliphatic rings. The maximum atomic E-state index is 12.8. The van der Waals surface area contributed by atoms with E-state index in [0.717, 1.165) is 83.5 Å². The monoisotopic (exact) mass is 921 g/mol. The van der Waals surface area contributed by atoms with Crippen LogP contribution >= 0.6 is 0 Å². The van der Waals surface area contributed by atoms with Crippen molar-refractivity contribution in [2.24, 2.45) is 0 Å². The second kappa shape index (κ2) is 53.6. The van der Waals surface area contributed by atoms with Crippen LogP contribution in [0.2, 0.25) is 0 Å². The topological polar surface area (TPSA) is 78.9 Å². The summed E-state index contributed by atoms with van der Waals surface area (Å²) in [7, 11) is 0. The molecule has 1 unspecified atom stereocenters. The van der Waals surface area contributed by atoms with Gasteiger partial charge in [-0.15, -0.1) is 0 Å². The Morgan fingerprint density at radius 2 is 0.612 bits per heavy atom. The third-order valence-corrected chi connectivity index (χ3v) is 10.0. The van der Waals surface area contributed by atoms with Crippen molar-refractivity contribution in [3.8, 4) is 0 Å². The van der Waals surface area contributed by atoms with Gasteiger partial charge in [-0.1, -0.05) is 211 Å². The third-order valence-electron chi connectivity index (χ3n) is 10.0. The number of hydrogen-bond acceptors (Lipinski definition) is 6. The van der Waals surface area contributed by atoms with Gasteiger partial charge in [-0.2, -0.15) is 0 Å². The predicted molar refractivity (Wildman–Crippen MR) is 288 cm³/mol. The summed E-state index contributed by atoms with van der Waals surface area (Å²) in [5, 5.41) is 0. The Kier molecular flexibility index (Phi) is 49.7. The van der Waals surface area contributed by atoms with Crippen LogP contribution in [0.3, 0.4) is 0 Å². The highest BCUT2D eigenvalue weighted by atomic mass is 16.6. The molecule has 0 radical (unpaired) electrons. The summed E-state index contributed by atoms with van der Waals surface area (Å²) in [6, 6.07) is 0. The first-order valence-electron chi connectivity index (χ1n) is 26.0. The van der Waals surface area contributed by atoms with Gasteiger partial charge in [-0.05, 0) is 116 Å². The van der Waals surface area contributed by atoms with Crippen LogP contribution in [0.1, 0.15) is 188 Å². The number of carbonyl (C=O) groups is 3. The lowest BCUT2D eigenvalue weighted by Gasteiger charge is -2.18. The van der Waals surface area contributed by atoms with Crippen molar-refractivity contribution in [3.63, 3.8) is 0 Å². The quantitative estimate of drug-likeness (QED) is 0.0262. The van der Waals surface area contributed by atoms with E-state index in [1.807, 2.05) is 24.3 Å². The van der Waals surface area contributed by atoms with E-state index < -0.39 is 18.0 Å². The van der Waals surface area contributed by atoms with Gasteiger partial charge in [0.15, 0.2) is 6.10 Å². The Morgan fingerprint density at radius 3 is 1.00 bits per heavy atom. The molecule has 0 fully saturated rings. The van der Waals surface area contributed by atoms with E-state index >= 15 is 0 Å². The average Bonchev–Trinajstić information content (AvgIpc) is 3.33. The summed E-state index contributed by atoms with van der Waals surface area (Å²) < 4.78 is 16.6. The highest BCUT2D eigenvalue weighted by Crippen LogP contribution is 2.09. The van der Waals surface area contributed by atoms with Gasteiger partial charge in [0.2, 0.25) is 0 Å². The number of hydrogen-bond donors (Lipinski definition) is 0. The van der Waals surface area contributed by atoms with E-state index in [0.29, 0.717) is 19.3 Å². The van der Waals surface area contributed by atoms with E-state index in [4.69, 9.17) is 14.2 Å². The van der Waals surface area contributed by atoms with Crippen LogP contribution in [-0.4, -0.2) is 37.2 Å². The minimum absolute atomic E-state index is 0.164. The molecule has 0 aliphatic carbocycles. The SMILES string of the molecule is CC/C=C\C/C=C\C/C=C\C/C=C\C/C=C\CCC(=O)OCC(COC(=O)CCC/C=C\C/C=C\C/C=C\CCCCCCCC)OC(=O)CC/C=C\C/C=C\C/C=C\C/C=C\C/C=C\CC. The average molecular weight is 921 g/mol. The van der Waals surface area contributed by atoms with Crippen molar-refractivity contribution in [1.82, 2.24) is 0 Å². The molecule has 0 heterocycles. The van der Waals surface area contributed by atoms with Gasteiger partial charge in [-0.3, -0.25) is 14.4 Å². The molecule has 6 nitrogen and oxygen atoms in total. The lowest BCUT2D eigenvalue weighted by atomic mass is 10.1. The molecule has 0 aromatic heterocycles. The van der Waals surface area contributed by atoms with Gasteiger partial charge in [0.1, 0.15) is 13.2 Å². The number of ether oxygens (including phenoxy) is 3. The van der Waals surface area contributed by atoms with Crippen molar-refractivity contribution in [2.45, 2.75) is 194 Å². The van der Waals surface area contributed by atoms with Crippen LogP contribution in [0.5, 0.6) is 0 Å². The fourth-order valence-corrected chi connectivity index (χ4v) is 6.20. The first-order valence-corrected chi connectivity index (χ1v) is 26.0. The summed E-state index contributed by atoms with van der Waals surface area (Å²) in [5.41, 5.74) is 0. The number of esters is 3. The summed E-state index contributed by atoms with van der Waals surface area (Å²) in [4.78, 5) is 37.9. The molecule has 0 amide bonds. The Bertz CT molecular complexity index is 1570. The van der Waals surface area contributed by atoms with Crippen molar-refractivity contribution in [2.75, 3.05) is 13.2 Å². The van der Waals surface area contributed by atoms with Crippen LogP contribution in [-0.2, 0) is 28.6 Å². The normalized spacial score (nSPS) is 13.4.